The third-order valence-electron chi connectivity index (χ3n) is 3.69. The molecule has 0 radical (unpaired) electrons. The molecule has 0 aliphatic heterocycles. The zero-order valence-electron chi connectivity index (χ0n) is 14.6. The van der Waals surface area contributed by atoms with Crippen molar-refractivity contribution in [3.8, 4) is 22.1 Å². The molecule has 0 spiro atoms. The topological polar surface area (TPSA) is 57.7 Å². The Bertz CT molecular complexity index is 891. The number of esters is 1. The maximum absolute atomic E-state index is 11.9. The van der Waals surface area contributed by atoms with E-state index in [-0.39, 0.29) is 13.2 Å². The Morgan fingerprint density at radius 3 is 2.81 bits per heavy atom. The van der Waals surface area contributed by atoms with E-state index in [4.69, 9.17) is 14.2 Å². The van der Waals surface area contributed by atoms with Crippen LogP contribution < -0.4 is 9.47 Å². The highest BCUT2D eigenvalue weighted by Gasteiger charge is 2.10. The first-order valence-corrected chi connectivity index (χ1v) is 8.96. The summed E-state index contributed by atoms with van der Waals surface area (Å²) in [5.74, 6) is 1.03. The minimum atomic E-state index is -0.427. The molecule has 0 saturated heterocycles. The van der Waals surface area contributed by atoms with Gasteiger partial charge in [0, 0.05) is 10.9 Å². The van der Waals surface area contributed by atoms with Gasteiger partial charge in [0.1, 0.15) is 23.1 Å². The van der Waals surface area contributed by atoms with E-state index in [9.17, 15) is 4.79 Å². The van der Waals surface area contributed by atoms with E-state index < -0.39 is 5.97 Å². The predicted octanol–water partition coefficient (Wildman–Crippen LogP) is 4.25. The first-order valence-electron chi connectivity index (χ1n) is 8.08. The highest BCUT2D eigenvalue weighted by atomic mass is 32.1. The van der Waals surface area contributed by atoms with Gasteiger partial charge in [-0.05, 0) is 30.7 Å². The molecule has 1 heterocycles. The second-order valence-corrected chi connectivity index (χ2v) is 6.45. The largest absolute Gasteiger partial charge is 0.497 e. The van der Waals surface area contributed by atoms with Crippen molar-refractivity contribution < 1.29 is 19.0 Å². The summed E-state index contributed by atoms with van der Waals surface area (Å²) in [5, 5.41) is 2.73. The fraction of sp³-hybridized carbons (Fsp3) is 0.200. The summed E-state index contributed by atoms with van der Waals surface area (Å²) in [6, 6.07) is 15.2. The third-order valence-corrected chi connectivity index (χ3v) is 4.63. The van der Waals surface area contributed by atoms with Crippen LogP contribution in [0.2, 0.25) is 0 Å². The Morgan fingerprint density at radius 2 is 2.00 bits per heavy atom. The number of aromatic nitrogens is 1. The second-order valence-electron chi connectivity index (χ2n) is 5.59. The van der Waals surface area contributed by atoms with Gasteiger partial charge in [0.15, 0.2) is 6.61 Å². The van der Waals surface area contributed by atoms with Crippen molar-refractivity contribution in [3.05, 3.63) is 65.2 Å². The van der Waals surface area contributed by atoms with Crippen LogP contribution in [0.15, 0.2) is 53.9 Å². The van der Waals surface area contributed by atoms with Crippen LogP contribution >= 0.6 is 11.3 Å². The van der Waals surface area contributed by atoms with E-state index in [1.165, 1.54) is 11.3 Å². The molecule has 1 aromatic heterocycles. The van der Waals surface area contributed by atoms with Gasteiger partial charge in [-0.3, -0.25) is 0 Å². The maximum Gasteiger partial charge on any atom is 0.344 e. The average Bonchev–Trinajstić information content (AvgIpc) is 3.15. The van der Waals surface area contributed by atoms with Crippen molar-refractivity contribution in [1.82, 2.24) is 4.98 Å². The molecule has 0 unspecified atom stereocenters. The lowest BCUT2D eigenvalue weighted by molar-refractivity contribution is -0.147. The van der Waals surface area contributed by atoms with Crippen LogP contribution in [0.1, 0.15) is 11.3 Å². The lowest BCUT2D eigenvalue weighted by Crippen LogP contribution is -2.15. The molecule has 6 heteroatoms. The van der Waals surface area contributed by atoms with E-state index in [0.29, 0.717) is 11.4 Å². The molecule has 0 aliphatic rings. The summed E-state index contributed by atoms with van der Waals surface area (Å²) in [7, 11) is 1.63. The smallest absolute Gasteiger partial charge is 0.344 e. The number of rotatable bonds is 7. The van der Waals surface area contributed by atoms with Crippen molar-refractivity contribution in [2.24, 2.45) is 0 Å². The van der Waals surface area contributed by atoms with Gasteiger partial charge in [-0.25, -0.2) is 9.78 Å². The van der Waals surface area contributed by atoms with Crippen LogP contribution in [-0.4, -0.2) is 24.7 Å². The molecule has 0 aliphatic carbocycles. The molecule has 0 bridgehead atoms. The lowest BCUT2D eigenvalue weighted by atomic mass is 10.2. The van der Waals surface area contributed by atoms with E-state index >= 15 is 0 Å². The van der Waals surface area contributed by atoms with Crippen LogP contribution in [0.5, 0.6) is 11.5 Å². The fourth-order valence-corrected chi connectivity index (χ4v) is 3.11. The number of aryl methyl sites for hydroxylation is 1. The van der Waals surface area contributed by atoms with Crippen LogP contribution in [-0.2, 0) is 16.1 Å². The number of nitrogens with zero attached hydrogens (tertiary/aromatic N) is 1. The van der Waals surface area contributed by atoms with Crippen molar-refractivity contribution in [3.63, 3.8) is 0 Å². The van der Waals surface area contributed by atoms with Crippen LogP contribution in [0, 0.1) is 6.92 Å². The van der Waals surface area contributed by atoms with E-state index in [1.54, 1.807) is 7.11 Å². The number of thiazole rings is 1. The Labute approximate surface area is 156 Å². The van der Waals surface area contributed by atoms with Crippen LogP contribution in [0.25, 0.3) is 10.6 Å². The number of carbonyl (C=O) groups excluding carboxylic acids is 1. The van der Waals surface area contributed by atoms with Crippen molar-refractivity contribution in [2.45, 2.75) is 13.5 Å². The van der Waals surface area contributed by atoms with Crippen molar-refractivity contribution in [2.75, 3.05) is 13.7 Å². The summed E-state index contributed by atoms with van der Waals surface area (Å²) in [4.78, 5) is 16.4. The van der Waals surface area contributed by atoms with Crippen LogP contribution in [0.3, 0.4) is 0 Å². The van der Waals surface area contributed by atoms with Crippen molar-refractivity contribution in [1.29, 1.82) is 0 Å². The molecule has 0 saturated carbocycles. The Balaban J connectivity index is 1.53. The molecule has 3 aromatic rings. The molecule has 26 heavy (non-hydrogen) atoms. The van der Waals surface area contributed by atoms with Gasteiger partial charge >= 0.3 is 5.97 Å². The number of methoxy groups -OCH3 is 1. The van der Waals surface area contributed by atoms with Gasteiger partial charge in [0.05, 0.1) is 12.8 Å². The number of hydrogen-bond acceptors (Lipinski definition) is 6. The highest BCUT2D eigenvalue weighted by molar-refractivity contribution is 7.13. The minimum absolute atomic E-state index is 0.121. The maximum atomic E-state index is 11.9. The lowest BCUT2D eigenvalue weighted by Gasteiger charge is -2.08. The summed E-state index contributed by atoms with van der Waals surface area (Å²) < 4.78 is 15.9. The van der Waals surface area contributed by atoms with Gasteiger partial charge in [0.25, 0.3) is 0 Å². The number of para-hydroxylation sites is 1. The first-order chi connectivity index (χ1) is 12.7. The highest BCUT2D eigenvalue weighted by Crippen LogP contribution is 2.27. The summed E-state index contributed by atoms with van der Waals surface area (Å²) in [6.07, 6.45) is 0. The normalized spacial score (nSPS) is 10.4. The average molecular weight is 369 g/mol. The molecule has 0 N–H and O–H groups in total. The van der Waals surface area contributed by atoms with E-state index in [1.807, 2.05) is 60.8 Å². The van der Waals surface area contributed by atoms with Gasteiger partial charge in [-0.2, -0.15) is 0 Å². The van der Waals surface area contributed by atoms with Gasteiger partial charge in [-0.1, -0.05) is 30.3 Å². The molecule has 5 nitrogen and oxygen atoms in total. The van der Waals surface area contributed by atoms with E-state index in [2.05, 4.69) is 4.98 Å². The summed E-state index contributed by atoms with van der Waals surface area (Å²) in [5.41, 5.74) is 2.65. The van der Waals surface area contributed by atoms with Crippen LogP contribution in [0.4, 0.5) is 0 Å². The van der Waals surface area contributed by atoms with Crippen molar-refractivity contribution >= 4 is 17.3 Å². The summed E-state index contributed by atoms with van der Waals surface area (Å²) >= 11 is 1.50. The minimum Gasteiger partial charge on any atom is -0.497 e. The Kier molecular flexibility index (Phi) is 5.86. The van der Waals surface area contributed by atoms with Gasteiger partial charge in [0.2, 0.25) is 0 Å². The molecule has 0 amide bonds. The van der Waals surface area contributed by atoms with Gasteiger partial charge in [-0.15, -0.1) is 11.3 Å². The number of benzene rings is 2. The fourth-order valence-electron chi connectivity index (χ4n) is 2.31. The second kappa shape index (κ2) is 8.49. The number of hydrogen-bond donors (Lipinski definition) is 0. The Morgan fingerprint density at radius 1 is 1.15 bits per heavy atom. The predicted molar refractivity (Wildman–Crippen MR) is 101 cm³/mol. The number of carbonyl (C=O) groups is 1. The monoisotopic (exact) mass is 369 g/mol. The zero-order valence-corrected chi connectivity index (χ0v) is 15.4. The SMILES string of the molecule is COc1cccc(-c2nc(COC(=O)COc3ccccc3C)cs2)c1. The quantitative estimate of drug-likeness (QED) is 0.583. The van der Waals surface area contributed by atoms with E-state index in [0.717, 1.165) is 21.9 Å². The molecular weight excluding hydrogens is 350 g/mol. The Hall–Kier alpha value is -2.86. The van der Waals surface area contributed by atoms with Gasteiger partial charge < -0.3 is 14.2 Å². The molecule has 0 fully saturated rings. The summed E-state index contributed by atoms with van der Waals surface area (Å²) in [6.45, 7) is 1.92. The first kappa shape index (κ1) is 17.9. The molecule has 2 aromatic carbocycles. The molecule has 0 atom stereocenters. The molecule has 3 rings (SSSR count). The molecule has 134 valence electrons. The third kappa shape index (κ3) is 4.61. The number of ether oxygens (including phenoxy) is 3. The zero-order chi connectivity index (χ0) is 18.4. The molecular formula is C20H19NO4S. The standard InChI is InChI=1S/C20H19NO4S/c1-14-6-3-4-9-18(14)24-12-19(22)25-11-16-13-26-20(21-16)15-7-5-8-17(10-15)23-2/h3-10,13H,11-12H2,1-2H3.